The van der Waals surface area contributed by atoms with Gasteiger partial charge < -0.3 is 14.8 Å². The Bertz CT molecular complexity index is 267. The molecule has 1 unspecified atom stereocenters. The molecule has 0 saturated heterocycles. The van der Waals surface area contributed by atoms with Gasteiger partial charge in [-0.3, -0.25) is 0 Å². The van der Waals surface area contributed by atoms with Crippen molar-refractivity contribution >= 4 is 8.38 Å². The third kappa shape index (κ3) is 5.12. The summed E-state index contributed by atoms with van der Waals surface area (Å²) in [6.45, 7) is 4.59. The Balaban J connectivity index is 2.50. The molecule has 0 bridgehead atoms. The largest absolute Gasteiger partial charge is 0.447 e. The summed E-state index contributed by atoms with van der Waals surface area (Å²) >= 11 is 0. The van der Waals surface area contributed by atoms with Gasteiger partial charge in [0.25, 0.3) is 0 Å². The number of nitrogens with two attached hydrogens (primary N) is 1. The maximum Gasteiger partial charge on any atom is 0.231 e. The van der Waals surface area contributed by atoms with E-state index in [9.17, 15) is 0 Å². The van der Waals surface area contributed by atoms with Crippen molar-refractivity contribution in [3.8, 4) is 5.75 Å². The fraction of sp³-hybridized carbons (Fsp3) is 0.455. The quantitative estimate of drug-likeness (QED) is 0.760. The Labute approximate surface area is 92.5 Å². The first kappa shape index (κ1) is 12.4. The van der Waals surface area contributed by atoms with Gasteiger partial charge in [-0.1, -0.05) is 18.2 Å². The highest BCUT2D eigenvalue weighted by molar-refractivity contribution is 7.47. The number of hydrogen-bond donors (Lipinski definition) is 1. The topological polar surface area (TPSA) is 44.5 Å². The van der Waals surface area contributed by atoms with Crippen LogP contribution >= 0.6 is 8.38 Å². The minimum atomic E-state index is -0.901. The van der Waals surface area contributed by atoms with E-state index in [1.807, 2.05) is 44.2 Å². The monoisotopic (exact) mass is 227 g/mol. The van der Waals surface area contributed by atoms with Gasteiger partial charge >= 0.3 is 0 Å². The zero-order valence-electron chi connectivity index (χ0n) is 9.22. The maximum absolute atomic E-state index is 5.73. The highest BCUT2D eigenvalue weighted by Crippen LogP contribution is 2.39. The molecule has 1 aromatic carbocycles. The second kappa shape index (κ2) is 6.78. The van der Waals surface area contributed by atoms with E-state index in [2.05, 4.69) is 0 Å². The highest BCUT2D eigenvalue weighted by Gasteiger charge is 2.13. The van der Waals surface area contributed by atoms with Crippen LogP contribution in [0.25, 0.3) is 0 Å². The van der Waals surface area contributed by atoms with Crippen LogP contribution in [0, 0.1) is 0 Å². The van der Waals surface area contributed by atoms with Crippen LogP contribution in [0.5, 0.6) is 5.75 Å². The molecule has 0 fully saturated rings. The molecule has 15 heavy (non-hydrogen) atoms. The zero-order chi connectivity index (χ0) is 11.1. The fourth-order valence-electron chi connectivity index (χ4n) is 1.06. The standard InChI is InChI=1S/C11H18NO2P/c1-10(2)13-15(9-8-12)14-11-6-4-3-5-7-11/h3-7,10H,8-9,12H2,1-2H3. The van der Waals surface area contributed by atoms with Crippen molar-refractivity contribution in [2.45, 2.75) is 20.0 Å². The van der Waals surface area contributed by atoms with Crippen molar-refractivity contribution < 1.29 is 9.05 Å². The predicted octanol–water partition coefficient (Wildman–Crippen LogP) is 2.76. The van der Waals surface area contributed by atoms with Crippen molar-refractivity contribution in [3.05, 3.63) is 30.3 Å². The molecule has 0 aliphatic rings. The van der Waals surface area contributed by atoms with Gasteiger partial charge in [0.15, 0.2) is 0 Å². The van der Waals surface area contributed by atoms with Crippen molar-refractivity contribution in [3.63, 3.8) is 0 Å². The lowest BCUT2D eigenvalue weighted by atomic mass is 10.3. The molecule has 1 rings (SSSR count). The number of benzene rings is 1. The van der Waals surface area contributed by atoms with Crippen LogP contribution in [0.3, 0.4) is 0 Å². The Morgan fingerprint density at radius 3 is 2.47 bits per heavy atom. The van der Waals surface area contributed by atoms with E-state index in [1.54, 1.807) is 0 Å². The molecule has 0 saturated carbocycles. The fourth-order valence-corrected chi connectivity index (χ4v) is 2.34. The molecule has 0 aliphatic carbocycles. The number of rotatable bonds is 6. The molecule has 3 nitrogen and oxygen atoms in total. The summed E-state index contributed by atoms with van der Waals surface area (Å²) in [5.41, 5.74) is 5.51. The average molecular weight is 227 g/mol. The average Bonchev–Trinajstić information content (AvgIpc) is 2.18. The van der Waals surface area contributed by atoms with Gasteiger partial charge in [-0.05, 0) is 26.0 Å². The first-order valence-corrected chi connectivity index (χ1v) is 6.46. The molecule has 0 spiro atoms. The summed E-state index contributed by atoms with van der Waals surface area (Å²) < 4.78 is 11.4. The Morgan fingerprint density at radius 1 is 1.27 bits per heavy atom. The molecule has 0 amide bonds. The van der Waals surface area contributed by atoms with Crippen LogP contribution in [0.4, 0.5) is 0 Å². The van der Waals surface area contributed by atoms with E-state index in [1.165, 1.54) is 0 Å². The molecule has 84 valence electrons. The van der Waals surface area contributed by atoms with Crippen LogP contribution in [-0.2, 0) is 4.52 Å². The molecule has 0 aromatic heterocycles. The maximum atomic E-state index is 5.73. The van der Waals surface area contributed by atoms with Crippen LogP contribution < -0.4 is 10.3 Å². The number of para-hydroxylation sites is 1. The van der Waals surface area contributed by atoms with Gasteiger partial charge in [0, 0.05) is 12.7 Å². The first-order chi connectivity index (χ1) is 7.22. The summed E-state index contributed by atoms with van der Waals surface area (Å²) in [6, 6.07) is 9.70. The minimum absolute atomic E-state index is 0.173. The van der Waals surface area contributed by atoms with E-state index in [4.69, 9.17) is 14.8 Å². The first-order valence-electron chi connectivity index (χ1n) is 5.09. The van der Waals surface area contributed by atoms with Crippen molar-refractivity contribution in [2.75, 3.05) is 12.7 Å². The normalized spacial score (nSPS) is 12.8. The molecule has 2 N–H and O–H groups in total. The summed E-state index contributed by atoms with van der Waals surface area (Å²) in [7, 11) is -0.901. The molecule has 1 atom stereocenters. The molecular formula is C11H18NO2P. The Kier molecular flexibility index (Phi) is 5.62. The number of hydrogen-bond acceptors (Lipinski definition) is 3. The zero-order valence-corrected chi connectivity index (χ0v) is 10.1. The minimum Gasteiger partial charge on any atom is -0.447 e. The summed E-state index contributed by atoms with van der Waals surface area (Å²) in [6.07, 6.45) is 0.939. The van der Waals surface area contributed by atoms with Gasteiger partial charge in [0.05, 0.1) is 6.10 Å². The van der Waals surface area contributed by atoms with Crippen molar-refractivity contribution in [1.82, 2.24) is 0 Å². The predicted molar refractivity (Wildman–Crippen MR) is 64.1 cm³/mol. The van der Waals surface area contributed by atoms with Gasteiger partial charge in [-0.2, -0.15) is 0 Å². The van der Waals surface area contributed by atoms with E-state index in [0.717, 1.165) is 11.9 Å². The van der Waals surface area contributed by atoms with Crippen LogP contribution in [0.2, 0.25) is 0 Å². The van der Waals surface area contributed by atoms with E-state index < -0.39 is 8.38 Å². The SMILES string of the molecule is CC(C)OP(CCN)Oc1ccccc1. The van der Waals surface area contributed by atoms with Crippen LogP contribution in [0.1, 0.15) is 13.8 Å². The lowest BCUT2D eigenvalue weighted by molar-refractivity contribution is 0.244. The summed E-state index contributed by atoms with van der Waals surface area (Å²) in [5, 5.41) is 0. The highest BCUT2D eigenvalue weighted by atomic mass is 31.2. The third-order valence-electron chi connectivity index (χ3n) is 1.59. The summed E-state index contributed by atoms with van der Waals surface area (Å²) in [4.78, 5) is 0. The van der Waals surface area contributed by atoms with Crippen LogP contribution in [-0.4, -0.2) is 18.8 Å². The van der Waals surface area contributed by atoms with Gasteiger partial charge in [-0.15, -0.1) is 0 Å². The Hall–Kier alpha value is -0.630. The molecule has 0 aliphatic heterocycles. The smallest absolute Gasteiger partial charge is 0.231 e. The lowest BCUT2D eigenvalue weighted by Gasteiger charge is -2.19. The van der Waals surface area contributed by atoms with E-state index >= 15 is 0 Å². The molecule has 0 radical (unpaired) electrons. The van der Waals surface area contributed by atoms with Crippen molar-refractivity contribution in [2.24, 2.45) is 5.73 Å². The molecular weight excluding hydrogens is 209 g/mol. The second-order valence-corrected chi connectivity index (χ2v) is 4.91. The van der Waals surface area contributed by atoms with E-state index in [-0.39, 0.29) is 6.10 Å². The van der Waals surface area contributed by atoms with Crippen LogP contribution in [0.15, 0.2) is 30.3 Å². The molecule has 4 heteroatoms. The molecule has 0 heterocycles. The van der Waals surface area contributed by atoms with E-state index in [0.29, 0.717) is 6.54 Å². The summed E-state index contributed by atoms with van der Waals surface area (Å²) in [5.74, 6) is 0.845. The van der Waals surface area contributed by atoms with Gasteiger partial charge in [-0.25, -0.2) is 0 Å². The Morgan fingerprint density at radius 2 is 1.93 bits per heavy atom. The lowest BCUT2D eigenvalue weighted by Crippen LogP contribution is -2.10. The van der Waals surface area contributed by atoms with Gasteiger partial charge in [0.1, 0.15) is 5.75 Å². The second-order valence-electron chi connectivity index (χ2n) is 3.40. The van der Waals surface area contributed by atoms with Gasteiger partial charge in [0.2, 0.25) is 8.38 Å². The van der Waals surface area contributed by atoms with Crippen molar-refractivity contribution in [1.29, 1.82) is 0 Å². The molecule has 1 aromatic rings. The third-order valence-corrected chi connectivity index (χ3v) is 3.29.